The quantitative estimate of drug-likeness (QED) is 0.600. The number of amides is 1. The van der Waals surface area contributed by atoms with Crippen molar-refractivity contribution < 1.29 is 4.79 Å². The molecule has 2 nitrogen and oxygen atoms in total. The van der Waals surface area contributed by atoms with Gasteiger partial charge in [-0.15, -0.1) is 11.3 Å². The van der Waals surface area contributed by atoms with Crippen molar-refractivity contribution in [3.05, 3.63) is 54.1 Å². The second-order valence-electron chi connectivity index (χ2n) is 4.56. The Bertz CT molecular complexity index is 664. The molecule has 0 spiro atoms. The second-order valence-corrected chi connectivity index (χ2v) is 8.73. The summed E-state index contributed by atoms with van der Waals surface area (Å²) in [6.07, 6.45) is 0.907. The van der Waals surface area contributed by atoms with Gasteiger partial charge >= 0.3 is 0 Å². The number of thiophene rings is 1. The lowest BCUT2D eigenvalue weighted by Gasteiger charge is -2.18. The van der Waals surface area contributed by atoms with Crippen molar-refractivity contribution in [1.29, 1.82) is 0 Å². The van der Waals surface area contributed by atoms with Crippen LogP contribution >= 0.6 is 59.1 Å². The molecule has 1 aromatic carbocycles. The normalized spacial score (nSPS) is 15.7. The molecule has 1 aliphatic rings. The number of halogens is 3. The number of benzene rings is 1. The highest BCUT2D eigenvalue weighted by Gasteiger charge is 2.20. The van der Waals surface area contributed by atoms with Crippen LogP contribution < -0.4 is 5.32 Å². The maximum atomic E-state index is 11.9. The van der Waals surface area contributed by atoms with E-state index in [4.69, 9.17) is 0 Å². The molecule has 1 aliphatic heterocycles. The molecular weight excluding hydrogens is 470 g/mol. The van der Waals surface area contributed by atoms with Crippen LogP contribution in [0.5, 0.6) is 0 Å². The van der Waals surface area contributed by atoms with E-state index in [-0.39, 0.29) is 10.7 Å². The standard InChI is InChI=1S/C14H10Br3NOS/c15-10-6-11(20-13(10)17)12(16)8-2-1-7-3-4-18-14(19)9(7)5-8/h1-2,5-6,12H,3-4H2,(H,18,19). The minimum absolute atomic E-state index is 0.0290. The summed E-state index contributed by atoms with van der Waals surface area (Å²) in [7, 11) is 0. The molecule has 3 rings (SSSR count). The third-order valence-electron chi connectivity index (χ3n) is 3.27. The molecule has 1 amide bonds. The number of fused-ring (bicyclic) bond motifs is 1. The fourth-order valence-corrected chi connectivity index (χ4v) is 5.03. The van der Waals surface area contributed by atoms with Crippen molar-refractivity contribution in [3.8, 4) is 0 Å². The minimum atomic E-state index is 0.0290. The first-order valence-corrected chi connectivity index (χ1v) is 9.38. The monoisotopic (exact) mass is 477 g/mol. The van der Waals surface area contributed by atoms with E-state index in [0.29, 0.717) is 0 Å². The largest absolute Gasteiger partial charge is 0.352 e. The SMILES string of the molecule is O=C1NCCc2ccc(C(Br)c3cc(Br)c(Br)s3)cc21. The van der Waals surface area contributed by atoms with Crippen LogP contribution in [0, 0.1) is 0 Å². The molecule has 104 valence electrons. The van der Waals surface area contributed by atoms with Gasteiger partial charge < -0.3 is 5.32 Å². The van der Waals surface area contributed by atoms with Crippen molar-refractivity contribution in [2.24, 2.45) is 0 Å². The molecule has 2 aromatic rings. The van der Waals surface area contributed by atoms with Gasteiger partial charge in [-0.25, -0.2) is 0 Å². The van der Waals surface area contributed by atoms with E-state index in [0.717, 1.165) is 37.9 Å². The topological polar surface area (TPSA) is 29.1 Å². The van der Waals surface area contributed by atoms with Crippen LogP contribution in [0.4, 0.5) is 0 Å². The molecule has 0 bridgehead atoms. The molecule has 20 heavy (non-hydrogen) atoms. The zero-order chi connectivity index (χ0) is 14.3. The minimum Gasteiger partial charge on any atom is -0.352 e. The molecule has 6 heteroatoms. The van der Waals surface area contributed by atoms with E-state index < -0.39 is 0 Å². The summed E-state index contributed by atoms with van der Waals surface area (Å²) in [5.74, 6) is 0.0290. The lowest BCUT2D eigenvalue weighted by molar-refractivity contribution is 0.0946. The number of rotatable bonds is 2. The number of carbonyl (C=O) groups is 1. The Morgan fingerprint density at radius 1 is 1.25 bits per heavy atom. The van der Waals surface area contributed by atoms with Crippen LogP contribution in [0.2, 0.25) is 0 Å². The third kappa shape index (κ3) is 2.75. The van der Waals surface area contributed by atoms with Gasteiger partial charge in [0.25, 0.3) is 5.91 Å². The Hall–Kier alpha value is -0.170. The van der Waals surface area contributed by atoms with Crippen molar-refractivity contribution in [2.75, 3.05) is 6.54 Å². The first kappa shape index (κ1) is 14.8. The fraction of sp³-hybridized carbons (Fsp3) is 0.214. The maximum absolute atomic E-state index is 11.9. The highest BCUT2D eigenvalue weighted by atomic mass is 79.9. The van der Waals surface area contributed by atoms with Crippen LogP contribution in [0.3, 0.4) is 0 Å². The lowest BCUT2D eigenvalue weighted by Crippen LogP contribution is -2.31. The van der Waals surface area contributed by atoms with Crippen molar-refractivity contribution >= 4 is 65.0 Å². The number of carbonyl (C=O) groups excluding carboxylic acids is 1. The number of hydrogen-bond donors (Lipinski definition) is 1. The Morgan fingerprint density at radius 2 is 2.05 bits per heavy atom. The van der Waals surface area contributed by atoms with Gasteiger partial charge in [-0.1, -0.05) is 28.1 Å². The van der Waals surface area contributed by atoms with E-state index >= 15 is 0 Å². The van der Waals surface area contributed by atoms with Gasteiger partial charge in [0.05, 0.1) is 8.61 Å². The molecule has 1 unspecified atom stereocenters. The van der Waals surface area contributed by atoms with E-state index in [9.17, 15) is 4.79 Å². The van der Waals surface area contributed by atoms with Crippen LogP contribution in [0.25, 0.3) is 0 Å². The van der Waals surface area contributed by atoms with Crippen LogP contribution in [-0.2, 0) is 6.42 Å². The summed E-state index contributed by atoms with van der Waals surface area (Å²) < 4.78 is 2.13. The molecule has 0 saturated heterocycles. The summed E-state index contributed by atoms with van der Waals surface area (Å²) in [6.45, 7) is 0.730. The summed E-state index contributed by atoms with van der Waals surface area (Å²) in [4.78, 5) is 13.2. The Labute approximate surface area is 146 Å². The number of alkyl halides is 1. The van der Waals surface area contributed by atoms with E-state index in [2.05, 4.69) is 71.3 Å². The summed E-state index contributed by atoms with van der Waals surface area (Å²) >= 11 is 12.4. The summed E-state index contributed by atoms with van der Waals surface area (Å²) in [5, 5.41) is 2.89. The van der Waals surface area contributed by atoms with Crippen LogP contribution in [-0.4, -0.2) is 12.5 Å². The molecule has 0 aliphatic carbocycles. The van der Waals surface area contributed by atoms with Gasteiger partial charge in [0, 0.05) is 21.5 Å². The molecular formula is C14H10Br3NOS. The second kappa shape index (κ2) is 5.91. The zero-order valence-electron chi connectivity index (χ0n) is 10.3. The van der Waals surface area contributed by atoms with Crippen molar-refractivity contribution in [2.45, 2.75) is 11.2 Å². The molecule has 0 saturated carbocycles. The van der Waals surface area contributed by atoms with E-state index in [1.165, 1.54) is 4.88 Å². The van der Waals surface area contributed by atoms with Gasteiger partial charge in [-0.3, -0.25) is 4.79 Å². The first-order chi connectivity index (χ1) is 9.56. The lowest BCUT2D eigenvalue weighted by atomic mass is 9.96. The Kier molecular flexibility index (Phi) is 4.36. The third-order valence-corrected chi connectivity index (χ3v) is 7.91. The van der Waals surface area contributed by atoms with E-state index in [1.54, 1.807) is 11.3 Å². The van der Waals surface area contributed by atoms with Crippen LogP contribution in [0.1, 0.15) is 31.2 Å². The van der Waals surface area contributed by atoms with Crippen LogP contribution in [0.15, 0.2) is 32.5 Å². The van der Waals surface area contributed by atoms with Gasteiger partial charge in [-0.2, -0.15) is 0 Å². The average molecular weight is 480 g/mol. The Balaban J connectivity index is 1.98. The predicted octanol–water partition coefficient (Wildman–Crippen LogP) is 5.04. The highest BCUT2D eigenvalue weighted by Crippen LogP contribution is 2.41. The van der Waals surface area contributed by atoms with E-state index in [1.807, 2.05) is 6.07 Å². The molecule has 1 N–H and O–H groups in total. The van der Waals surface area contributed by atoms with Crippen molar-refractivity contribution in [3.63, 3.8) is 0 Å². The summed E-state index contributed by atoms with van der Waals surface area (Å²) in [6, 6.07) is 8.24. The zero-order valence-corrected chi connectivity index (χ0v) is 15.8. The molecule has 1 atom stereocenters. The average Bonchev–Trinajstić information content (AvgIpc) is 2.78. The Morgan fingerprint density at radius 3 is 2.75 bits per heavy atom. The molecule has 1 aromatic heterocycles. The predicted molar refractivity (Wildman–Crippen MR) is 93.0 cm³/mol. The molecule has 0 fully saturated rings. The number of nitrogens with one attached hydrogen (secondary N) is 1. The smallest absolute Gasteiger partial charge is 0.251 e. The molecule has 0 radical (unpaired) electrons. The molecule has 2 heterocycles. The number of hydrogen-bond acceptors (Lipinski definition) is 2. The first-order valence-electron chi connectivity index (χ1n) is 6.06. The van der Waals surface area contributed by atoms with Gasteiger partial charge in [0.2, 0.25) is 0 Å². The van der Waals surface area contributed by atoms with Gasteiger partial charge in [-0.05, 0) is 61.5 Å². The maximum Gasteiger partial charge on any atom is 0.251 e. The summed E-state index contributed by atoms with van der Waals surface area (Å²) in [5.41, 5.74) is 3.03. The van der Waals surface area contributed by atoms with Gasteiger partial charge in [0.15, 0.2) is 0 Å². The van der Waals surface area contributed by atoms with Gasteiger partial charge in [0.1, 0.15) is 0 Å². The highest BCUT2D eigenvalue weighted by molar-refractivity contribution is 9.13. The fourth-order valence-electron chi connectivity index (χ4n) is 2.24. The van der Waals surface area contributed by atoms with Crippen molar-refractivity contribution in [1.82, 2.24) is 5.32 Å².